The van der Waals surface area contributed by atoms with E-state index in [1.807, 2.05) is 0 Å². The van der Waals surface area contributed by atoms with E-state index in [0.29, 0.717) is 25.5 Å². The number of carbonyl (C=O) groups excluding carboxylic acids is 6. The maximum atomic E-state index is 9.71. The van der Waals surface area contributed by atoms with Gasteiger partial charge in [-0.05, 0) is 25.8 Å². The molecule has 0 saturated heterocycles. The van der Waals surface area contributed by atoms with Crippen LogP contribution >= 0.6 is 0 Å². The van der Waals surface area contributed by atoms with Crippen LogP contribution in [0.3, 0.4) is 0 Å². The minimum atomic E-state index is -1.08. The second kappa shape index (κ2) is 904. The number of carbonyl (C=O) groups is 5. The molecule has 0 heterocycles. The first-order valence-electron chi connectivity index (χ1n) is 9.99. The van der Waals surface area contributed by atoms with Crippen molar-refractivity contribution < 1.29 is 394 Å². The Morgan fingerprint density at radius 1 is 0.561 bits per heavy atom. The molecule has 30 heteroatoms. The predicted molar refractivity (Wildman–Crippen MR) is 240 cm³/mol. The summed E-state index contributed by atoms with van der Waals surface area (Å²) in [6.07, 6.45) is 1.50. The summed E-state index contributed by atoms with van der Waals surface area (Å²) in [4.78, 5) is 61.3. The number of nitriles is 1. The zero-order chi connectivity index (χ0) is 42.8. The van der Waals surface area contributed by atoms with Gasteiger partial charge in [-0.2, -0.15) is 0 Å². The number of rotatable bonds is 2. The van der Waals surface area contributed by atoms with Gasteiger partial charge in [0.1, 0.15) is 0 Å². The largest absolute Gasteiger partial charge is 0.655 e. The molecule has 0 unspecified atom stereocenters. The summed E-state index contributed by atoms with van der Waals surface area (Å²) in [5, 5.41) is 77.3. The Morgan fingerprint density at radius 3 is 0.621 bits per heavy atom. The molecule has 0 aliphatic rings. The number of carboxylic acid groups (broad SMARTS) is 1. The zero-order valence-corrected chi connectivity index (χ0v) is 68.8. The molecule has 12 N–H and O–H groups in total. The van der Waals surface area contributed by atoms with Crippen molar-refractivity contribution >= 4 is 44.1 Å². The molecule has 0 bridgehead atoms. The fourth-order valence-electron chi connectivity index (χ4n) is 0.161. The maximum absolute atomic E-state index is 9.71. The van der Waals surface area contributed by atoms with E-state index in [1.54, 1.807) is 6.92 Å². The van der Waals surface area contributed by atoms with Crippen LogP contribution in [0.5, 0.6) is 0 Å². The number of ether oxygens (including phenoxy) is 2. The number of aldehydes is 3. The first kappa shape index (κ1) is 299. The summed E-state index contributed by atoms with van der Waals surface area (Å²) in [6.45, 7) is 23.3. The summed E-state index contributed by atoms with van der Waals surface area (Å²) in [5.41, 5.74) is 0. The smallest absolute Gasteiger partial charge is 0.164 e. The first-order valence-corrected chi connectivity index (χ1v) is 9.99. The third-order valence-corrected chi connectivity index (χ3v) is 0.389. The number of aliphatic hydroxyl groups is 9. The van der Waals surface area contributed by atoms with Crippen LogP contribution in [-0.2, 0) is 337 Å². The van der Waals surface area contributed by atoms with Gasteiger partial charge >= 0.3 is 0 Å². The van der Waals surface area contributed by atoms with Crippen molar-refractivity contribution in [2.75, 3.05) is 70.6 Å². The summed E-state index contributed by atoms with van der Waals surface area (Å²) in [6, 6.07) is 1.50. The van der Waals surface area contributed by atoms with E-state index in [0.717, 1.165) is 56.9 Å². The van der Waals surface area contributed by atoms with E-state index in [4.69, 9.17) is 85.1 Å². The van der Waals surface area contributed by atoms with Crippen molar-refractivity contribution in [1.29, 1.82) is 5.26 Å². The summed E-state index contributed by atoms with van der Waals surface area (Å²) in [5.74, 6) is -1.54. The van der Waals surface area contributed by atoms with Gasteiger partial charge in [-0.3, -0.25) is 30.2 Å². The van der Waals surface area contributed by atoms with E-state index < -0.39 is 11.9 Å². The van der Waals surface area contributed by atoms with Gasteiger partial charge in [-0.25, -0.2) is 12.4 Å². The SMILES string of the molecule is C.CO.CO.CO.CO.CO.CO.CO.CO.CO[C-]=O.O.[CH-]=O.[CH2-]C#N.[CH2-]C(=O)O.[CH2-]C(=O)OCC.[CH2-]C=O.[CH2-]C=O.[CH2-]C=O.[CH2-]O.[CH3-].[CH3-].[CH3-].[CH3-].[CH3-].[CH3-].[CH3-].[CH3-].[CH3-].[Y].[Y].[Y].[Y].[Y].[Y].[Y].[Y].[Y]. The van der Waals surface area contributed by atoms with Crippen molar-refractivity contribution in [3.8, 4) is 6.07 Å². The number of aliphatic hydroxyl groups excluding tert-OH is 9. The van der Waals surface area contributed by atoms with Crippen molar-refractivity contribution in [1.82, 2.24) is 0 Å². The van der Waals surface area contributed by atoms with E-state index in [1.165, 1.54) is 19.7 Å². The molecule has 0 rings (SSSR count). The minimum Gasteiger partial charge on any atom is -0.655 e. The fraction of sp³-hybridized carbons (Fsp3) is 0.333. The van der Waals surface area contributed by atoms with Gasteiger partial charge in [0.2, 0.25) is 0 Å². The number of carboxylic acids is 1. The van der Waals surface area contributed by atoms with Crippen molar-refractivity contribution in [2.24, 2.45) is 0 Å². The normalized spacial score (nSPS) is 2.89. The molecule has 407 valence electrons. The van der Waals surface area contributed by atoms with Gasteiger partial charge in [-0.15, -0.1) is 6.07 Å². The van der Waals surface area contributed by atoms with Crippen molar-refractivity contribution in [3.05, 3.63) is 115 Å². The average molecular weight is 1660 g/mol. The number of methoxy groups -OCH3 is 1. The van der Waals surface area contributed by atoms with Crippen LogP contribution in [0, 0.1) is 127 Å². The number of aliphatic carboxylic acids is 1. The molecule has 0 aromatic carbocycles. The van der Waals surface area contributed by atoms with Crippen LogP contribution in [-0.4, -0.2) is 171 Å². The monoisotopic (exact) mass is 1660 g/mol. The number of esters is 1. The van der Waals surface area contributed by atoms with Crippen LogP contribution in [0.1, 0.15) is 14.4 Å². The molecule has 9 radical (unpaired) electrons. The molecular weight excluding hydrogens is 1570 g/mol. The molecule has 0 spiro atoms. The Hall–Kier alpha value is 5.34. The standard InChI is InChI=1S/C4H7O2.C2H2N.2C2H3O2.3C2H3O.8CH4O.CH3O.CHO.CH4.9CH3.H2O.9Y/c1-3-6-4(2)5;1-2-3;1-4-2-3;1-2(3)4;3*1-2-3;10*1-2;;;;;;;;;;;;;;;;;;;;/h2-3H2,1H3;1H2;1H3;1H2,(H,3,4);3*2H,1H2;8*2H,1H3;2H,1H2;1H;1H4;9*1H3;1H2;;;;;;;;;/q7*-1;;;;;;;;;2*-1;;9*-1;;;;;;;;;;. The predicted octanol–water partition coefficient (Wildman–Crippen LogP) is 0.977. The van der Waals surface area contributed by atoms with Gasteiger partial charge in [0.25, 0.3) is 0 Å². The topological polar surface area (TPSA) is 396 Å². The van der Waals surface area contributed by atoms with Gasteiger partial charge in [0.05, 0.1) is 6.61 Å². The van der Waals surface area contributed by atoms with Crippen LogP contribution in [0.15, 0.2) is 0 Å². The summed E-state index contributed by atoms with van der Waals surface area (Å²) in [7, 11) is 11.5. The molecule has 66 heavy (non-hydrogen) atoms. The number of hydrogen-bond donors (Lipinski definition) is 10. The Balaban J connectivity index is -0.00000000384. The first-order chi connectivity index (χ1) is 22.1. The third kappa shape index (κ3) is 3720. The molecule has 0 aromatic heterocycles. The van der Waals surface area contributed by atoms with E-state index >= 15 is 0 Å². The second-order valence-electron chi connectivity index (χ2n) is 2.14. The van der Waals surface area contributed by atoms with Crippen LogP contribution in [0.2, 0.25) is 0 Å². The van der Waals surface area contributed by atoms with Crippen molar-refractivity contribution in [3.63, 3.8) is 0 Å². The van der Waals surface area contributed by atoms with Gasteiger partial charge in [0, 0.05) is 358 Å². The second-order valence-corrected chi connectivity index (χ2v) is 2.14. The average Bonchev–Trinajstić information content (AvgIpc) is 3.11. The quantitative estimate of drug-likeness (QED) is 0.105. The van der Waals surface area contributed by atoms with Gasteiger partial charge < -0.3 is 185 Å². The van der Waals surface area contributed by atoms with Crippen LogP contribution in [0.25, 0.3) is 0 Å². The van der Waals surface area contributed by atoms with E-state index in [2.05, 4.69) is 64.9 Å². The van der Waals surface area contributed by atoms with Crippen LogP contribution < -0.4 is 0 Å². The van der Waals surface area contributed by atoms with E-state index in [9.17, 15) is 4.79 Å². The van der Waals surface area contributed by atoms with E-state index in [-0.39, 0.29) is 374 Å². The third-order valence-electron chi connectivity index (χ3n) is 0.389. The molecule has 0 aromatic rings. The fourth-order valence-corrected chi connectivity index (χ4v) is 0.161. The van der Waals surface area contributed by atoms with Gasteiger partial charge in [-0.1, -0.05) is 13.9 Å². The number of hydrogen-bond acceptors (Lipinski definition) is 19. The molecular formula is C36H93NO20Y9-18. The molecule has 0 aliphatic carbocycles. The molecule has 0 fully saturated rings. The Kier molecular flexibility index (Phi) is 4100. The molecule has 0 amide bonds. The summed E-state index contributed by atoms with van der Waals surface area (Å²) < 4.78 is 8.03. The molecule has 0 atom stereocenters. The minimum absolute atomic E-state index is 0. The van der Waals surface area contributed by atoms with Gasteiger partial charge in [0.15, 0.2) is 11.9 Å². The molecule has 0 aliphatic heterocycles. The Labute approximate surface area is 637 Å². The maximum Gasteiger partial charge on any atom is 0.164 e. The Bertz CT molecular complexity index is 400. The number of nitrogens with zero attached hydrogens (tertiary/aromatic N) is 1. The van der Waals surface area contributed by atoms with Crippen molar-refractivity contribution in [2.45, 2.75) is 14.4 Å². The zero-order valence-electron chi connectivity index (χ0n) is 43.3. The molecule has 0 saturated carbocycles. The molecule has 21 nitrogen and oxygen atoms in total. The summed E-state index contributed by atoms with van der Waals surface area (Å²) >= 11 is 0. The Morgan fingerprint density at radius 2 is 0.621 bits per heavy atom. The van der Waals surface area contributed by atoms with Crippen LogP contribution in [0.4, 0.5) is 0 Å².